The van der Waals surface area contributed by atoms with Crippen molar-refractivity contribution in [2.24, 2.45) is 0 Å². The number of hydrogen-bond donors (Lipinski definition) is 7. The Hall–Kier alpha value is -10.5. The SMILES string of the molecule is O=COC1=CC2=Cc3c(C(=O)O)c4c5c6c7c8c9c%10c%11c(c3c59)C23OC32C1=CC(OC=O)=C1C3=CC=CC5=CC9=CC%12=C(C(=O)O)C%13=Cc%14cc(C(=O)O)c%15ccc%16c%17cccc%18c%17c(c%17c%16c%15c%14C%14(OC%13%14C=8C%128OC%108C9=C(C53O)C%11(O)C12O)C=%177)C6(O)C(=C4)C=%18. The Labute approximate surface area is 497 Å². The van der Waals surface area contributed by atoms with Crippen molar-refractivity contribution in [2.45, 2.75) is 56.0 Å². The Morgan fingerprint density at radius 1 is 0.533 bits per heavy atom. The number of ether oxygens (including phenoxy) is 5. The number of carboxylic acids is 3. The van der Waals surface area contributed by atoms with Crippen LogP contribution in [0.25, 0.3) is 89.3 Å². The third-order valence-electron chi connectivity index (χ3n) is 25.6. The Kier molecular flexibility index (Phi) is 5.47. The number of carboxylic acid groups (broad SMARTS) is 3. The zero-order valence-electron chi connectivity index (χ0n) is 45.2. The molecular formula is C73H26O17. The zero-order chi connectivity index (χ0) is 59.4. The number of fused-ring (bicyclic) bond motifs is 2. The van der Waals surface area contributed by atoms with Gasteiger partial charge in [0, 0.05) is 83.5 Å². The summed E-state index contributed by atoms with van der Waals surface area (Å²) >= 11 is 0. The summed E-state index contributed by atoms with van der Waals surface area (Å²) in [4.78, 5) is 70.0. The van der Waals surface area contributed by atoms with Crippen molar-refractivity contribution in [2.75, 3.05) is 0 Å². The van der Waals surface area contributed by atoms with Crippen LogP contribution >= 0.6 is 0 Å². The lowest BCUT2D eigenvalue weighted by atomic mass is 9.36. The number of carbonyl (C=O) groups excluding carboxylic acids is 2. The molecule has 17 heteroatoms. The second kappa shape index (κ2) is 11.2. The molecule has 0 bridgehead atoms. The number of hydrogen-bond acceptors (Lipinski definition) is 14. The van der Waals surface area contributed by atoms with E-state index in [1.54, 1.807) is 54.7 Å². The minimum atomic E-state index is -2.94. The number of rotatable bonds is 7. The highest BCUT2D eigenvalue weighted by molar-refractivity contribution is 6.34. The van der Waals surface area contributed by atoms with Crippen LogP contribution < -0.4 is 15.7 Å². The molecule has 7 aromatic rings. The standard InChI is InChI=1S/C73H26O17/c74-18-86-36-16-25-15-31-39(62(78)79)30-14-24-9-20-3-1-5-26-27-7-8-28-29(61(76)77)11-22-13-35-44(63(80)81)34-12-21-10-23-4-2-6-32-52-37(87-19-75)17-33(36)73-67(25,90-73)56-43(31)45-42(30)54-49-47-46(45)57-58(56)66(84,72(52,73)85)60(64(23,32)82)51(21)71(57)69(34,89-71)59(47)68(35)70(88-68)50(22)41(28)40(27)48(55(49)70)53(38(20)26)65(24,54)83/h1-19,82-85H,(H,76,77)(H,78,79)(H,80,81). The van der Waals surface area contributed by atoms with Gasteiger partial charge in [-0.3, -0.25) is 9.59 Å². The first-order valence-corrected chi connectivity index (χ1v) is 29.6. The van der Waals surface area contributed by atoms with Crippen LogP contribution in [-0.4, -0.2) is 94.6 Å². The molecule has 6 spiro atoms. The van der Waals surface area contributed by atoms with Gasteiger partial charge in [0.05, 0.1) is 16.7 Å². The van der Waals surface area contributed by atoms with Gasteiger partial charge in [-0.05, 0) is 169 Å². The fourth-order valence-electron chi connectivity index (χ4n) is 23.6. The minimum Gasteiger partial charge on any atom is -0.478 e. The second-order valence-electron chi connectivity index (χ2n) is 27.5. The maximum Gasteiger partial charge on any atom is 0.336 e. The van der Waals surface area contributed by atoms with E-state index in [1.807, 2.05) is 36.4 Å². The van der Waals surface area contributed by atoms with E-state index in [0.29, 0.717) is 98.3 Å². The number of aliphatic hydroxyl groups is 4. The van der Waals surface area contributed by atoms with Crippen LogP contribution in [0.15, 0.2) is 157 Å². The molecule has 3 saturated heterocycles. The van der Waals surface area contributed by atoms with E-state index in [1.165, 1.54) is 12.2 Å². The minimum absolute atomic E-state index is 0.00152. The molecule has 27 rings (SSSR count). The van der Waals surface area contributed by atoms with Gasteiger partial charge in [-0.15, -0.1) is 0 Å². The monoisotopic (exact) mass is 1170 g/mol. The van der Waals surface area contributed by atoms with Crippen LogP contribution in [0.5, 0.6) is 0 Å². The van der Waals surface area contributed by atoms with Gasteiger partial charge < -0.3 is 59.4 Å². The van der Waals surface area contributed by atoms with Gasteiger partial charge >= 0.3 is 17.9 Å². The van der Waals surface area contributed by atoms with Gasteiger partial charge in [0.15, 0.2) is 44.8 Å². The summed E-state index contributed by atoms with van der Waals surface area (Å²) in [6.07, 6.45) is 18.3. The Morgan fingerprint density at radius 2 is 1.30 bits per heavy atom. The molecule has 1 saturated carbocycles. The lowest BCUT2D eigenvalue weighted by molar-refractivity contribution is -0.173. The number of epoxide rings is 3. The molecule has 0 radical (unpaired) electrons. The first-order valence-electron chi connectivity index (χ1n) is 29.6. The number of benzene rings is 7. The molecular weight excluding hydrogens is 1150 g/mol. The van der Waals surface area contributed by atoms with Crippen molar-refractivity contribution >= 4 is 120 Å². The molecule has 10 unspecified atom stereocenters. The smallest absolute Gasteiger partial charge is 0.336 e. The Morgan fingerprint density at radius 3 is 2.10 bits per heavy atom. The number of aromatic carboxylic acids is 2. The molecule has 20 aliphatic rings. The molecule has 10 atom stereocenters. The molecule has 17 nitrogen and oxygen atoms in total. The van der Waals surface area contributed by atoms with Crippen molar-refractivity contribution in [1.82, 2.24) is 0 Å². The van der Waals surface area contributed by atoms with Crippen molar-refractivity contribution in [3.8, 4) is 0 Å². The van der Waals surface area contributed by atoms with Gasteiger partial charge in [0.25, 0.3) is 12.9 Å². The summed E-state index contributed by atoms with van der Waals surface area (Å²) < 4.78 is 35.4. The Bertz CT molecular complexity index is 6470. The maximum atomic E-state index is 15.7. The van der Waals surface area contributed by atoms with Crippen molar-refractivity contribution in [3.05, 3.63) is 240 Å². The average Bonchev–Trinajstić information content (AvgIpc) is 1.38. The molecule has 0 amide bonds. The molecule has 17 aliphatic carbocycles. The highest BCUT2D eigenvalue weighted by Gasteiger charge is 3.00. The fraction of sp³-hybridized carbons (Fsp3) is 0.137. The highest BCUT2D eigenvalue weighted by atomic mass is 16.7. The van der Waals surface area contributed by atoms with E-state index >= 15 is 24.9 Å². The fourth-order valence-corrected chi connectivity index (χ4v) is 23.6. The van der Waals surface area contributed by atoms with E-state index in [0.717, 1.165) is 16.0 Å². The van der Waals surface area contributed by atoms with Crippen molar-refractivity contribution in [1.29, 1.82) is 0 Å². The van der Waals surface area contributed by atoms with Crippen LogP contribution in [0.2, 0.25) is 0 Å². The first kappa shape index (κ1) is 44.0. The summed E-state index contributed by atoms with van der Waals surface area (Å²) in [5, 5.41) is 104. The van der Waals surface area contributed by atoms with Gasteiger partial charge in [-0.25, -0.2) is 14.4 Å². The largest absolute Gasteiger partial charge is 0.478 e. The predicted molar refractivity (Wildman–Crippen MR) is 309 cm³/mol. The summed E-state index contributed by atoms with van der Waals surface area (Å²) in [6.45, 7) is 0.342. The summed E-state index contributed by atoms with van der Waals surface area (Å²) in [7, 11) is 0. The van der Waals surface area contributed by atoms with E-state index in [2.05, 4.69) is 0 Å². The Balaban J connectivity index is 1.02. The number of carbonyl (C=O) groups is 5. The molecule has 7 N–H and O–H groups in total. The summed E-state index contributed by atoms with van der Waals surface area (Å²) in [5.41, 5.74) is -16.6. The van der Waals surface area contributed by atoms with E-state index in [-0.39, 0.29) is 125 Å². The van der Waals surface area contributed by atoms with Gasteiger partial charge in [-0.1, -0.05) is 48.6 Å². The third kappa shape index (κ3) is 3.06. The number of aliphatic carboxylic acids is 1. The van der Waals surface area contributed by atoms with Crippen molar-refractivity contribution in [3.63, 3.8) is 0 Å². The highest BCUT2D eigenvalue weighted by Crippen LogP contribution is 2.93. The first-order chi connectivity index (χ1) is 43.5. The molecule has 90 heavy (non-hydrogen) atoms. The molecule has 3 aliphatic heterocycles. The quantitative estimate of drug-likeness (QED) is 0.0653. The van der Waals surface area contributed by atoms with E-state index < -0.39 is 73.9 Å². The van der Waals surface area contributed by atoms with Crippen LogP contribution in [-0.2, 0) is 66.1 Å². The second-order valence-corrected chi connectivity index (χ2v) is 27.5. The van der Waals surface area contributed by atoms with Crippen LogP contribution in [0, 0.1) is 0 Å². The normalized spacial score (nSPS) is 37.3. The predicted octanol–water partition coefficient (Wildman–Crippen LogP) is 4.58. The molecule has 4 fully saturated rings. The van der Waals surface area contributed by atoms with Crippen LogP contribution in [0.3, 0.4) is 0 Å². The zero-order valence-corrected chi connectivity index (χ0v) is 45.2. The lowest BCUT2D eigenvalue weighted by Crippen LogP contribution is -2.77. The average molecular weight is 1170 g/mol. The van der Waals surface area contributed by atoms with E-state index in [4.69, 9.17) is 23.7 Å². The molecule has 420 valence electrons. The van der Waals surface area contributed by atoms with Gasteiger partial charge in [0.2, 0.25) is 0 Å². The summed E-state index contributed by atoms with van der Waals surface area (Å²) in [5.74, 6) is -4.40. The molecule has 3 heterocycles. The van der Waals surface area contributed by atoms with Crippen molar-refractivity contribution < 1.29 is 83.4 Å². The van der Waals surface area contributed by atoms with Gasteiger partial charge in [-0.2, -0.15) is 0 Å². The maximum absolute atomic E-state index is 15.7. The van der Waals surface area contributed by atoms with Gasteiger partial charge in [0.1, 0.15) is 22.7 Å². The molecule has 7 aromatic carbocycles. The third-order valence-corrected chi connectivity index (χ3v) is 25.6. The van der Waals surface area contributed by atoms with Crippen LogP contribution in [0.1, 0.15) is 76.4 Å². The number of allylic oxidation sites excluding steroid dienone is 4. The topological polar surface area (TPSA) is 283 Å². The lowest BCUT2D eigenvalue weighted by Gasteiger charge is -2.67. The van der Waals surface area contributed by atoms with E-state index in [9.17, 15) is 34.8 Å². The summed E-state index contributed by atoms with van der Waals surface area (Å²) in [6, 6.07) is 11.2. The molecule has 0 aromatic heterocycles. The van der Waals surface area contributed by atoms with Crippen LogP contribution in [0.4, 0.5) is 0 Å².